The number of imide groups is 1. The fourth-order valence-electron chi connectivity index (χ4n) is 2.88. The zero-order chi connectivity index (χ0) is 16.6. The molecule has 1 unspecified atom stereocenters. The van der Waals surface area contributed by atoms with E-state index in [9.17, 15) is 14.0 Å². The van der Waals surface area contributed by atoms with E-state index in [1.165, 1.54) is 17.0 Å². The van der Waals surface area contributed by atoms with Crippen LogP contribution in [0.15, 0.2) is 42.5 Å². The number of carbonyl (C=O) groups excluding carboxylic acids is 2. The molecule has 1 aliphatic rings. The highest BCUT2D eigenvalue weighted by Gasteiger charge is 2.39. The lowest BCUT2D eigenvalue weighted by molar-refractivity contribution is -0.121. The molecule has 2 aromatic rings. The number of nitrogens with zero attached hydrogens (tertiary/aromatic N) is 1. The highest BCUT2D eigenvalue weighted by Crippen LogP contribution is 2.26. The molecule has 0 aliphatic carbocycles. The Balaban J connectivity index is 1.85. The van der Waals surface area contributed by atoms with Crippen molar-refractivity contribution >= 4 is 23.2 Å². The third-order valence-corrected chi connectivity index (χ3v) is 3.78. The molecule has 5 heteroatoms. The molecule has 0 aromatic heterocycles. The predicted octanol–water partition coefficient (Wildman–Crippen LogP) is 3.19. The fraction of sp³-hybridized carbons (Fsp3) is 0.222. The van der Waals surface area contributed by atoms with Gasteiger partial charge in [-0.05, 0) is 55.3 Å². The SMILES string of the molecule is Cc1cc(C)cc(N2C(=O)CC(Nc3cccc(F)c3)C2=O)c1. The molecule has 0 bridgehead atoms. The van der Waals surface area contributed by atoms with Crippen molar-refractivity contribution in [3.63, 3.8) is 0 Å². The van der Waals surface area contributed by atoms with Crippen molar-refractivity contribution < 1.29 is 14.0 Å². The summed E-state index contributed by atoms with van der Waals surface area (Å²) in [6.45, 7) is 3.84. The maximum absolute atomic E-state index is 13.2. The monoisotopic (exact) mass is 312 g/mol. The quantitative estimate of drug-likeness (QED) is 0.886. The van der Waals surface area contributed by atoms with E-state index in [4.69, 9.17) is 0 Å². The van der Waals surface area contributed by atoms with Gasteiger partial charge in [-0.1, -0.05) is 12.1 Å². The van der Waals surface area contributed by atoms with E-state index >= 15 is 0 Å². The lowest BCUT2D eigenvalue weighted by Crippen LogP contribution is -2.34. The van der Waals surface area contributed by atoms with Crippen molar-refractivity contribution in [2.45, 2.75) is 26.3 Å². The predicted molar refractivity (Wildman–Crippen MR) is 86.8 cm³/mol. The molecule has 0 saturated carbocycles. The standard InChI is InChI=1S/C18H17FN2O2/c1-11-6-12(2)8-15(7-11)21-17(22)10-16(18(21)23)20-14-5-3-4-13(19)9-14/h3-9,16,20H,10H2,1-2H3. The second-order valence-electron chi connectivity index (χ2n) is 5.82. The van der Waals surface area contributed by atoms with Crippen LogP contribution in [0.5, 0.6) is 0 Å². The van der Waals surface area contributed by atoms with Crippen molar-refractivity contribution in [2.24, 2.45) is 0 Å². The van der Waals surface area contributed by atoms with Crippen LogP contribution in [0, 0.1) is 19.7 Å². The van der Waals surface area contributed by atoms with Gasteiger partial charge in [0.2, 0.25) is 5.91 Å². The largest absolute Gasteiger partial charge is 0.373 e. The highest BCUT2D eigenvalue weighted by molar-refractivity contribution is 6.23. The van der Waals surface area contributed by atoms with Gasteiger partial charge in [-0.3, -0.25) is 9.59 Å². The highest BCUT2D eigenvalue weighted by atomic mass is 19.1. The third-order valence-electron chi connectivity index (χ3n) is 3.78. The Morgan fingerprint density at radius 1 is 1.09 bits per heavy atom. The molecule has 23 heavy (non-hydrogen) atoms. The Kier molecular flexibility index (Phi) is 3.86. The van der Waals surface area contributed by atoms with Gasteiger partial charge < -0.3 is 5.32 Å². The van der Waals surface area contributed by atoms with Crippen LogP contribution in [-0.2, 0) is 9.59 Å². The number of hydrogen-bond donors (Lipinski definition) is 1. The number of aryl methyl sites for hydroxylation is 2. The molecular weight excluding hydrogens is 295 g/mol. The molecule has 0 radical (unpaired) electrons. The lowest BCUT2D eigenvalue weighted by atomic mass is 10.1. The third kappa shape index (κ3) is 3.08. The van der Waals surface area contributed by atoms with Crippen LogP contribution in [0.25, 0.3) is 0 Å². The number of hydrogen-bond acceptors (Lipinski definition) is 3. The average Bonchev–Trinajstić information content (AvgIpc) is 2.72. The number of carbonyl (C=O) groups is 2. The summed E-state index contributed by atoms with van der Waals surface area (Å²) < 4.78 is 13.2. The summed E-state index contributed by atoms with van der Waals surface area (Å²) >= 11 is 0. The van der Waals surface area contributed by atoms with Crippen LogP contribution in [0.2, 0.25) is 0 Å². The fourth-order valence-corrected chi connectivity index (χ4v) is 2.88. The van der Waals surface area contributed by atoms with E-state index in [1.54, 1.807) is 12.1 Å². The Hall–Kier alpha value is -2.69. The smallest absolute Gasteiger partial charge is 0.256 e. The first-order valence-electron chi connectivity index (χ1n) is 7.41. The molecule has 1 saturated heterocycles. The van der Waals surface area contributed by atoms with Gasteiger partial charge in [-0.25, -0.2) is 9.29 Å². The van der Waals surface area contributed by atoms with Gasteiger partial charge in [0.15, 0.2) is 0 Å². The normalized spacial score (nSPS) is 17.7. The first-order valence-corrected chi connectivity index (χ1v) is 7.41. The maximum atomic E-state index is 13.2. The summed E-state index contributed by atoms with van der Waals surface area (Å²) in [7, 11) is 0. The minimum atomic E-state index is -0.676. The van der Waals surface area contributed by atoms with Crippen LogP contribution < -0.4 is 10.2 Å². The minimum absolute atomic E-state index is 0.0579. The number of rotatable bonds is 3. The second-order valence-corrected chi connectivity index (χ2v) is 5.82. The van der Waals surface area contributed by atoms with Crippen molar-refractivity contribution in [2.75, 3.05) is 10.2 Å². The van der Waals surface area contributed by atoms with Crippen molar-refractivity contribution in [3.8, 4) is 0 Å². The molecular formula is C18H17FN2O2. The average molecular weight is 312 g/mol. The number of anilines is 2. The van der Waals surface area contributed by atoms with Gasteiger partial charge in [-0.2, -0.15) is 0 Å². The van der Waals surface area contributed by atoms with E-state index in [0.29, 0.717) is 11.4 Å². The number of nitrogens with one attached hydrogen (secondary N) is 1. The topological polar surface area (TPSA) is 49.4 Å². The summed E-state index contributed by atoms with van der Waals surface area (Å²) in [5, 5.41) is 2.94. The van der Waals surface area contributed by atoms with Crippen LogP contribution in [0.1, 0.15) is 17.5 Å². The van der Waals surface area contributed by atoms with E-state index < -0.39 is 11.9 Å². The number of amides is 2. The number of benzene rings is 2. The zero-order valence-electron chi connectivity index (χ0n) is 13.0. The molecule has 1 heterocycles. The van der Waals surface area contributed by atoms with Crippen LogP contribution in [-0.4, -0.2) is 17.9 Å². The molecule has 0 spiro atoms. The first-order chi connectivity index (χ1) is 10.9. The van der Waals surface area contributed by atoms with E-state index in [2.05, 4.69) is 5.32 Å². The summed E-state index contributed by atoms with van der Waals surface area (Å²) in [6.07, 6.45) is 0.0579. The Morgan fingerprint density at radius 3 is 2.43 bits per heavy atom. The molecule has 1 N–H and O–H groups in total. The van der Waals surface area contributed by atoms with Crippen molar-refractivity contribution in [3.05, 3.63) is 59.4 Å². The number of halogens is 1. The maximum Gasteiger partial charge on any atom is 0.256 e. The molecule has 2 amide bonds. The van der Waals surface area contributed by atoms with E-state index in [1.807, 2.05) is 32.0 Å². The van der Waals surface area contributed by atoms with Crippen LogP contribution in [0.3, 0.4) is 0 Å². The van der Waals surface area contributed by atoms with E-state index in [0.717, 1.165) is 11.1 Å². The van der Waals surface area contributed by atoms with Crippen molar-refractivity contribution in [1.29, 1.82) is 0 Å². The summed E-state index contributed by atoms with van der Waals surface area (Å²) in [5.74, 6) is -0.962. The molecule has 1 aliphatic heterocycles. The van der Waals surface area contributed by atoms with Gasteiger partial charge in [0.1, 0.15) is 11.9 Å². The van der Waals surface area contributed by atoms with Crippen LogP contribution >= 0.6 is 0 Å². The van der Waals surface area contributed by atoms with Gasteiger partial charge in [0.05, 0.1) is 12.1 Å². The molecule has 3 rings (SSSR count). The van der Waals surface area contributed by atoms with Gasteiger partial charge in [-0.15, -0.1) is 0 Å². The molecule has 1 fully saturated rings. The molecule has 2 aromatic carbocycles. The first kappa shape index (κ1) is 15.2. The molecule has 118 valence electrons. The Morgan fingerprint density at radius 2 is 1.78 bits per heavy atom. The Labute approximate surface area is 133 Å². The van der Waals surface area contributed by atoms with Gasteiger partial charge in [0.25, 0.3) is 5.91 Å². The summed E-state index contributed by atoms with van der Waals surface area (Å²) in [4.78, 5) is 26.0. The van der Waals surface area contributed by atoms with Gasteiger partial charge in [0, 0.05) is 5.69 Å². The lowest BCUT2D eigenvalue weighted by Gasteiger charge is -2.17. The van der Waals surface area contributed by atoms with Crippen molar-refractivity contribution in [1.82, 2.24) is 0 Å². The summed E-state index contributed by atoms with van der Waals surface area (Å²) in [5.41, 5.74) is 3.05. The van der Waals surface area contributed by atoms with Crippen LogP contribution in [0.4, 0.5) is 15.8 Å². The molecule has 1 atom stereocenters. The van der Waals surface area contributed by atoms with Gasteiger partial charge >= 0.3 is 0 Å². The summed E-state index contributed by atoms with van der Waals surface area (Å²) in [6, 6.07) is 10.8. The molecule has 4 nitrogen and oxygen atoms in total. The van der Waals surface area contributed by atoms with E-state index in [-0.39, 0.29) is 18.2 Å². The Bertz CT molecular complexity index is 768. The zero-order valence-corrected chi connectivity index (χ0v) is 13.0. The second kappa shape index (κ2) is 5.83. The minimum Gasteiger partial charge on any atom is -0.373 e.